The highest BCUT2D eigenvalue weighted by molar-refractivity contribution is 5.75. The third-order valence-electron chi connectivity index (χ3n) is 7.73. The Morgan fingerprint density at radius 3 is 1.09 bits per heavy atom. The Labute approximate surface area is 197 Å². The maximum absolute atomic E-state index is 11.3. The molecule has 0 spiro atoms. The van der Waals surface area contributed by atoms with Gasteiger partial charge in [-0.15, -0.1) is 0 Å². The van der Waals surface area contributed by atoms with Crippen molar-refractivity contribution in [2.45, 2.75) is 105 Å². The standard InChI is InChI=1S/C14H28O7.C9H20O3/c1-8(5-13(6-15,7-16)12(20)21)14(9(2)17,10(3)18)11(4)19;1-5-9(6(2)10,7(3)11)8(4)12/h8-11,15-19H,5-7H2,1-4H3,(H,20,21);6-8,10-12H,5H2,1-4H3. The van der Waals surface area contributed by atoms with Gasteiger partial charge in [0.1, 0.15) is 5.41 Å². The molecular weight excluding hydrogens is 436 g/mol. The lowest BCUT2D eigenvalue weighted by Crippen LogP contribution is -2.56. The summed E-state index contributed by atoms with van der Waals surface area (Å²) in [4.78, 5) is 11.3. The monoisotopic (exact) mass is 484 g/mol. The highest BCUT2D eigenvalue weighted by Crippen LogP contribution is 2.44. The second kappa shape index (κ2) is 13.9. The molecule has 0 saturated heterocycles. The fourth-order valence-corrected chi connectivity index (χ4v) is 5.38. The molecular formula is C23H48O10. The number of carboxylic acid groups (broad SMARTS) is 1. The molecule has 0 fully saturated rings. The lowest BCUT2D eigenvalue weighted by atomic mass is 9.61. The minimum atomic E-state index is -1.79. The summed E-state index contributed by atoms with van der Waals surface area (Å²) >= 11 is 0. The lowest BCUT2D eigenvalue weighted by molar-refractivity contribution is -0.174. The van der Waals surface area contributed by atoms with Crippen LogP contribution in [0.15, 0.2) is 0 Å². The molecule has 10 nitrogen and oxygen atoms in total. The van der Waals surface area contributed by atoms with Gasteiger partial charge in [-0.3, -0.25) is 4.79 Å². The molecule has 0 aromatic rings. The van der Waals surface area contributed by atoms with Crippen molar-refractivity contribution in [1.82, 2.24) is 0 Å². The lowest BCUT2D eigenvalue weighted by Gasteiger charge is -2.48. The van der Waals surface area contributed by atoms with Crippen LogP contribution in [0.1, 0.15) is 68.2 Å². The van der Waals surface area contributed by atoms with E-state index in [1.807, 2.05) is 6.92 Å². The van der Waals surface area contributed by atoms with Gasteiger partial charge in [-0.05, 0) is 60.3 Å². The summed E-state index contributed by atoms with van der Waals surface area (Å²) in [7, 11) is 0. The Morgan fingerprint density at radius 2 is 0.970 bits per heavy atom. The number of rotatable bonds is 13. The molecule has 0 aromatic carbocycles. The van der Waals surface area contributed by atoms with Crippen molar-refractivity contribution >= 4 is 5.97 Å². The second-order valence-corrected chi connectivity index (χ2v) is 9.53. The number of aliphatic carboxylic acids is 1. The first-order valence-corrected chi connectivity index (χ1v) is 11.5. The predicted molar refractivity (Wildman–Crippen MR) is 123 cm³/mol. The van der Waals surface area contributed by atoms with Crippen LogP contribution < -0.4 is 0 Å². The molecule has 7 atom stereocenters. The Bertz CT molecular complexity index is 510. The van der Waals surface area contributed by atoms with Gasteiger partial charge >= 0.3 is 5.97 Å². The average molecular weight is 485 g/mol. The van der Waals surface area contributed by atoms with E-state index in [0.29, 0.717) is 6.42 Å². The summed E-state index contributed by atoms with van der Waals surface area (Å²) in [6.45, 7) is 10.9. The normalized spacial score (nSPS) is 22.3. The topological polar surface area (TPSA) is 199 Å². The van der Waals surface area contributed by atoms with E-state index in [9.17, 15) is 50.8 Å². The van der Waals surface area contributed by atoms with E-state index in [2.05, 4.69) is 0 Å². The molecule has 33 heavy (non-hydrogen) atoms. The van der Waals surface area contributed by atoms with Crippen LogP contribution in [-0.2, 0) is 4.79 Å². The zero-order valence-electron chi connectivity index (χ0n) is 21.3. The predicted octanol–water partition coefficient (Wildman–Crippen LogP) is -0.278. The van der Waals surface area contributed by atoms with E-state index in [-0.39, 0.29) is 6.42 Å². The maximum Gasteiger partial charge on any atom is 0.314 e. The zero-order chi connectivity index (χ0) is 26.9. The van der Waals surface area contributed by atoms with Crippen molar-refractivity contribution in [3.05, 3.63) is 0 Å². The maximum atomic E-state index is 11.3. The fourth-order valence-electron chi connectivity index (χ4n) is 5.38. The first-order valence-electron chi connectivity index (χ1n) is 11.5. The summed E-state index contributed by atoms with van der Waals surface area (Å²) < 4.78 is 0. The van der Waals surface area contributed by atoms with Gasteiger partial charge in [-0.2, -0.15) is 0 Å². The van der Waals surface area contributed by atoms with Crippen LogP contribution in [0, 0.1) is 22.2 Å². The molecule has 0 rings (SSSR count). The molecule has 0 aliphatic rings. The van der Waals surface area contributed by atoms with E-state index in [0.717, 1.165) is 0 Å². The molecule has 0 saturated carbocycles. The molecule has 0 aliphatic carbocycles. The van der Waals surface area contributed by atoms with E-state index < -0.39 is 78.0 Å². The van der Waals surface area contributed by atoms with Crippen molar-refractivity contribution in [1.29, 1.82) is 0 Å². The van der Waals surface area contributed by atoms with Crippen molar-refractivity contribution in [3.63, 3.8) is 0 Å². The van der Waals surface area contributed by atoms with Crippen LogP contribution in [0.3, 0.4) is 0 Å². The van der Waals surface area contributed by atoms with Gasteiger partial charge in [0.25, 0.3) is 0 Å². The summed E-state index contributed by atoms with van der Waals surface area (Å²) in [6, 6.07) is 0. The van der Waals surface area contributed by atoms with Crippen molar-refractivity contribution in [2.24, 2.45) is 22.2 Å². The molecule has 9 N–H and O–H groups in total. The summed E-state index contributed by atoms with van der Waals surface area (Å²) in [5.41, 5.74) is -3.95. The van der Waals surface area contributed by atoms with Gasteiger partial charge in [0.05, 0.1) is 49.8 Å². The third-order valence-corrected chi connectivity index (χ3v) is 7.73. The van der Waals surface area contributed by atoms with Gasteiger partial charge < -0.3 is 46.0 Å². The van der Waals surface area contributed by atoms with Crippen molar-refractivity contribution in [2.75, 3.05) is 13.2 Å². The number of hydrogen-bond donors (Lipinski definition) is 9. The van der Waals surface area contributed by atoms with Gasteiger partial charge in [0.15, 0.2) is 0 Å². The van der Waals surface area contributed by atoms with Gasteiger partial charge in [0, 0.05) is 10.8 Å². The number of carbonyl (C=O) groups is 1. The highest BCUT2D eigenvalue weighted by Gasteiger charge is 2.52. The van der Waals surface area contributed by atoms with Crippen LogP contribution in [0.5, 0.6) is 0 Å². The molecule has 0 aliphatic heterocycles. The van der Waals surface area contributed by atoms with Crippen LogP contribution in [0.4, 0.5) is 0 Å². The van der Waals surface area contributed by atoms with Crippen LogP contribution in [-0.4, -0.2) is 102 Å². The van der Waals surface area contributed by atoms with Crippen LogP contribution in [0.2, 0.25) is 0 Å². The van der Waals surface area contributed by atoms with Crippen molar-refractivity contribution in [3.8, 4) is 0 Å². The van der Waals surface area contributed by atoms with Gasteiger partial charge in [0.2, 0.25) is 0 Å². The third kappa shape index (κ3) is 7.08. The first-order chi connectivity index (χ1) is 14.9. The van der Waals surface area contributed by atoms with E-state index in [1.165, 1.54) is 20.8 Å². The molecule has 0 heterocycles. The minimum absolute atomic E-state index is 0.198. The van der Waals surface area contributed by atoms with E-state index in [1.54, 1.807) is 27.7 Å². The molecule has 10 heteroatoms. The number of aliphatic hydroxyl groups excluding tert-OH is 8. The molecule has 0 bridgehead atoms. The SMILES string of the molecule is CC(O)C(C(C)O)(C(C)O)C(C)CC(CO)(CO)C(=O)O.CCC(C(C)O)(C(C)O)C(C)O. The minimum Gasteiger partial charge on any atom is -0.481 e. The van der Waals surface area contributed by atoms with Crippen LogP contribution in [0.25, 0.3) is 0 Å². The van der Waals surface area contributed by atoms with E-state index >= 15 is 0 Å². The number of carboxylic acids is 1. The summed E-state index contributed by atoms with van der Waals surface area (Å²) in [5, 5.41) is 86.6. The summed E-state index contributed by atoms with van der Waals surface area (Å²) in [6.07, 6.45) is -5.10. The van der Waals surface area contributed by atoms with Gasteiger partial charge in [-0.25, -0.2) is 0 Å². The Kier molecular flexibility index (Phi) is 14.4. The molecule has 0 amide bonds. The quantitative estimate of drug-likeness (QED) is 0.167. The number of hydrogen-bond acceptors (Lipinski definition) is 9. The summed E-state index contributed by atoms with van der Waals surface area (Å²) in [5.74, 6) is -2.04. The van der Waals surface area contributed by atoms with Crippen molar-refractivity contribution < 1.29 is 50.8 Å². The molecule has 0 radical (unpaired) electrons. The highest BCUT2D eigenvalue weighted by atomic mass is 16.4. The Morgan fingerprint density at radius 1 is 0.667 bits per heavy atom. The van der Waals surface area contributed by atoms with Crippen LogP contribution >= 0.6 is 0 Å². The zero-order valence-corrected chi connectivity index (χ0v) is 21.3. The molecule has 0 aromatic heterocycles. The number of aliphatic hydroxyl groups is 8. The van der Waals surface area contributed by atoms with Gasteiger partial charge in [-0.1, -0.05) is 13.8 Å². The second-order valence-electron chi connectivity index (χ2n) is 9.53. The average Bonchev–Trinajstić information content (AvgIpc) is 2.65. The molecule has 200 valence electrons. The fraction of sp³-hybridized carbons (Fsp3) is 0.957. The Balaban J connectivity index is 0. The Hall–Kier alpha value is -0.850. The van der Waals surface area contributed by atoms with E-state index in [4.69, 9.17) is 0 Å². The largest absolute Gasteiger partial charge is 0.481 e. The smallest absolute Gasteiger partial charge is 0.314 e. The molecule has 7 unspecified atom stereocenters. The first kappa shape index (κ1) is 34.3.